The number of rotatable bonds is 13. The van der Waals surface area contributed by atoms with Gasteiger partial charge in [0.2, 0.25) is 0 Å². The molecular formula is C17H34N4. The lowest BCUT2D eigenvalue weighted by molar-refractivity contribution is 0.460. The molecule has 122 valence electrons. The van der Waals surface area contributed by atoms with Crippen LogP contribution >= 0.6 is 0 Å². The smallest absolute Gasteiger partial charge is 0.153 e. The molecule has 1 heterocycles. The Bertz CT molecular complexity index is 334. The Balaban J connectivity index is 2.34. The SMILES string of the molecule is CCCCCCCC(CCCCCCC)c1nnnn1C. The molecule has 4 nitrogen and oxygen atoms in total. The summed E-state index contributed by atoms with van der Waals surface area (Å²) in [6, 6.07) is 0. The zero-order chi connectivity index (χ0) is 15.3. The van der Waals surface area contributed by atoms with Gasteiger partial charge in [0.25, 0.3) is 0 Å². The highest BCUT2D eigenvalue weighted by Crippen LogP contribution is 2.26. The Morgan fingerprint density at radius 3 is 1.76 bits per heavy atom. The standard InChI is InChI=1S/C17H34N4/c1-4-6-8-10-12-14-16(15-13-11-9-7-5-2)17-18-19-20-21(17)3/h16H,4-15H2,1-3H3. The Hall–Kier alpha value is -0.930. The van der Waals surface area contributed by atoms with Crippen LogP contribution in [0.15, 0.2) is 0 Å². The molecular weight excluding hydrogens is 260 g/mol. The fourth-order valence-electron chi connectivity index (χ4n) is 2.97. The summed E-state index contributed by atoms with van der Waals surface area (Å²) in [7, 11) is 1.97. The number of nitrogens with zero attached hydrogens (tertiary/aromatic N) is 4. The van der Waals surface area contributed by atoms with E-state index in [0.29, 0.717) is 5.92 Å². The van der Waals surface area contributed by atoms with E-state index in [-0.39, 0.29) is 0 Å². The second-order valence-corrected chi connectivity index (χ2v) is 6.26. The van der Waals surface area contributed by atoms with Crippen molar-refractivity contribution in [2.24, 2.45) is 7.05 Å². The second kappa shape index (κ2) is 11.7. The lowest BCUT2D eigenvalue weighted by atomic mass is 9.93. The number of aryl methyl sites for hydroxylation is 1. The van der Waals surface area contributed by atoms with Gasteiger partial charge >= 0.3 is 0 Å². The van der Waals surface area contributed by atoms with Gasteiger partial charge < -0.3 is 0 Å². The van der Waals surface area contributed by atoms with E-state index in [4.69, 9.17) is 0 Å². The molecule has 1 aromatic rings. The van der Waals surface area contributed by atoms with Gasteiger partial charge in [-0.2, -0.15) is 0 Å². The minimum atomic E-state index is 0.549. The first-order valence-corrected chi connectivity index (χ1v) is 9.01. The van der Waals surface area contributed by atoms with E-state index in [1.54, 1.807) is 0 Å². The van der Waals surface area contributed by atoms with Crippen molar-refractivity contribution in [1.29, 1.82) is 0 Å². The van der Waals surface area contributed by atoms with E-state index in [1.165, 1.54) is 77.0 Å². The third-order valence-electron chi connectivity index (χ3n) is 4.33. The highest BCUT2D eigenvalue weighted by molar-refractivity contribution is 4.92. The lowest BCUT2D eigenvalue weighted by Gasteiger charge is -2.15. The van der Waals surface area contributed by atoms with Crippen molar-refractivity contribution in [2.45, 2.75) is 96.8 Å². The van der Waals surface area contributed by atoms with Crippen LogP contribution in [0.1, 0.15) is 103 Å². The molecule has 21 heavy (non-hydrogen) atoms. The van der Waals surface area contributed by atoms with Crippen molar-refractivity contribution in [3.05, 3.63) is 5.82 Å². The minimum Gasteiger partial charge on any atom is -0.232 e. The van der Waals surface area contributed by atoms with Gasteiger partial charge in [-0.05, 0) is 23.3 Å². The molecule has 0 aliphatic carbocycles. The van der Waals surface area contributed by atoms with Gasteiger partial charge in [-0.15, -0.1) is 5.10 Å². The van der Waals surface area contributed by atoms with Gasteiger partial charge in [-0.25, -0.2) is 4.68 Å². The van der Waals surface area contributed by atoms with E-state index < -0.39 is 0 Å². The van der Waals surface area contributed by atoms with Crippen LogP contribution in [0.5, 0.6) is 0 Å². The lowest BCUT2D eigenvalue weighted by Crippen LogP contribution is -2.08. The number of hydrogen-bond donors (Lipinski definition) is 0. The molecule has 1 aromatic heterocycles. The third kappa shape index (κ3) is 7.58. The summed E-state index contributed by atoms with van der Waals surface area (Å²) in [6.45, 7) is 4.54. The Labute approximate surface area is 130 Å². The normalized spacial score (nSPS) is 11.4. The van der Waals surface area contributed by atoms with Crippen molar-refractivity contribution in [3.8, 4) is 0 Å². The molecule has 0 aliphatic rings. The van der Waals surface area contributed by atoms with Crippen molar-refractivity contribution in [3.63, 3.8) is 0 Å². The topological polar surface area (TPSA) is 43.6 Å². The first kappa shape index (κ1) is 18.1. The molecule has 0 bridgehead atoms. The molecule has 0 spiro atoms. The summed E-state index contributed by atoms with van der Waals surface area (Å²) in [5.74, 6) is 1.63. The van der Waals surface area contributed by atoms with Crippen LogP contribution in [0.25, 0.3) is 0 Å². The summed E-state index contributed by atoms with van der Waals surface area (Å²) < 4.78 is 1.86. The largest absolute Gasteiger partial charge is 0.232 e. The molecule has 0 aliphatic heterocycles. The van der Waals surface area contributed by atoms with Crippen LogP contribution < -0.4 is 0 Å². The van der Waals surface area contributed by atoms with E-state index in [1.807, 2.05) is 11.7 Å². The zero-order valence-electron chi connectivity index (χ0n) is 14.4. The molecule has 0 aromatic carbocycles. The Morgan fingerprint density at radius 2 is 1.33 bits per heavy atom. The van der Waals surface area contributed by atoms with Crippen LogP contribution in [-0.4, -0.2) is 20.2 Å². The predicted octanol–water partition coefficient (Wildman–Crippen LogP) is 5.01. The van der Waals surface area contributed by atoms with Crippen molar-refractivity contribution < 1.29 is 0 Å². The maximum Gasteiger partial charge on any atom is 0.153 e. The molecule has 0 saturated heterocycles. The molecule has 0 amide bonds. The van der Waals surface area contributed by atoms with Crippen LogP contribution in [0.4, 0.5) is 0 Å². The van der Waals surface area contributed by atoms with Gasteiger partial charge in [0.15, 0.2) is 5.82 Å². The monoisotopic (exact) mass is 294 g/mol. The number of tetrazole rings is 1. The molecule has 1 rings (SSSR count). The van der Waals surface area contributed by atoms with Gasteiger partial charge in [-0.1, -0.05) is 78.1 Å². The summed E-state index contributed by atoms with van der Waals surface area (Å²) in [5.41, 5.74) is 0. The van der Waals surface area contributed by atoms with E-state index in [9.17, 15) is 0 Å². The molecule has 4 heteroatoms. The minimum absolute atomic E-state index is 0.549. The van der Waals surface area contributed by atoms with Gasteiger partial charge in [0.1, 0.15) is 0 Å². The predicted molar refractivity (Wildman–Crippen MR) is 88.3 cm³/mol. The van der Waals surface area contributed by atoms with Crippen LogP contribution in [0.3, 0.4) is 0 Å². The Morgan fingerprint density at radius 1 is 0.810 bits per heavy atom. The summed E-state index contributed by atoms with van der Waals surface area (Å²) in [5, 5.41) is 12.1. The number of aromatic nitrogens is 4. The molecule has 0 unspecified atom stereocenters. The first-order chi connectivity index (χ1) is 10.3. The molecule has 0 fully saturated rings. The summed E-state index contributed by atoms with van der Waals surface area (Å²) >= 11 is 0. The second-order valence-electron chi connectivity index (χ2n) is 6.26. The first-order valence-electron chi connectivity index (χ1n) is 9.01. The van der Waals surface area contributed by atoms with Crippen molar-refractivity contribution in [2.75, 3.05) is 0 Å². The van der Waals surface area contributed by atoms with Gasteiger partial charge in [-0.3, -0.25) is 0 Å². The maximum absolute atomic E-state index is 4.25. The highest BCUT2D eigenvalue weighted by Gasteiger charge is 2.17. The fraction of sp³-hybridized carbons (Fsp3) is 0.941. The van der Waals surface area contributed by atoms with Crippen molar-refractivity contribution >= 4 is 0 Å². The number of hydrogen-bond acceptors (Lipinski definition) is 3. The van der Waals surface area contributed by atoms with Crippen LogP contribution in [0, 0.1) is 0 Å². The average molecular weight is 294 g/mol. The van der Waals surface area contributed by atoms with Crippen LogP contribution in [0.2, 0.25) is 0 Å². The van der Waals surface area contributed by atoms with E-state index in [0.717, 1.165) is 5.82 Å². The van der Waals surface area contributed by atoms with E-state index in [2.05, 4.69) is 29.4 Å². The van der Waals surface area contributed by atoms with Gasteiger partial charge in [0.05, 0.1) is 0 Å². The maximum atomic E-state index is 4.25. The number of unbranched alkanes of at least 4 members (excludes halogenated alkanes) is 8. The molecule has 0 atom stereocenters. The third-order valence-corrected chi connectivity index (χ3v) is 4.33. The zero-order valence-corrected chi connectivity index (χ0v) is 14.4. The van der Waals surface area contributed by atoms with Crippen molar-refractivity contribution in [1.82, 2.24) is 20.2 Å². The average Bonchev–Trinajstić information content (AvgIpc) is 2.91. The molecule has 0 N–H and O–H groups in total. The van der Waals surface area contributed by atoms with E-state index >= 15 is 0 Å². The Kier molecular flexibility index (Phi) is 10.1. The fourth-order valence-corrected chi connectivity index (χ4v) is 2.97. The highest BCUT2D eigenvalue weighted by atomic mass is 15.5. The van der Waals surface area contributed by atoms with Gasteiger partial charge in [0, 0.05) is 13.0 Å². The van der Waals surface area contributed by atoms with Crippen LogP contribution in [-0.2, 0) is 7.05 Å². The quantitative estimate of drug-likeness (QED) is 0.480. The molecule has 0 saturated carbocycles. The molecule has 0 radical (unpaired) electrons. The summed E-state index contributed by atoms with van der Waals surface area (Å²) in [6.07, 6.45) is 15.9. The summed E-state index contributed by atoms with van der Waals surface area (Å²) in [4.78, 5) is 0.